The van der Waals surface area contributed by atoms with Gasteiger partial charge in [-0.25, -0.2) is 0 Å². The number of rotatable bonds is 2. The van der Waals surface area contributed by atoms with Gasteiger partial charge in [-0.15, -0.1) is 0 Å². The molecule has 1 aromatic rings. The first-order chi connectivity index (χ1) is 9.96. The second-order valence-corrected chi connectivity index (χ2v) is 6.47. The molecule has 2 N–H and O–H groups in total. The van der Waals surface area contributed by atoms with E-state index in [9.17, 15) is 0 Å². The summed E-state index contributed by atoms with van der Waals surface area (Å²) in [5.74, 6) is 1.41. The fourth-order valence-corrected chi connectivity index (χ4v) is 3.54. The molecule has 1 atom stereocenters. The molecule has 21 heavy (non-hydrogen) atoms. The Morgan fingerprint density at radius 3 is 2.90 bits per heavy atom. The maximum absolute atomic E-state index is 6.19. The fraction of sp³-hybridized carbons (Fsp3) is 0.562. The number of hydrogen-bond donors (Lipinski definition) is 1. The van der Waals surface area contributed by atoms with Crippen molar-refractivity contribution < 1.29 is 9.47 Å². The smallest absolute Gasteiger partial charge is 0.196 e. The zero-order valence-electron chi connectivity index (χ0n) is 12.9. The van der Waals surface area contributed by atoms with E-state index in [1.807, 2.05) is 18.2 Å². The van der Waals surface area contributed by atoms with E-state index in [0.717, 1.165) is 37.4 Å². The van der Waals surface area contributed by atoms with Crippen LogP contribution in [0.5, 0.6) is 5.75 Å². The number of benzene rings is 1. The fourth-order valence-electron chi connectivity index (χ4n) is 3.54. The maximum Gasteiger partial charge on any atom is 0.196 e. The van der Waals surface area contributed by atoms with Crippen molar-refractivity contribution in [3.05, 3.63) is 24.3 Å². The van der Waals surface area contributed by atoms with Crippen LogP contribution in [-0.2, 0) is 4.74 Å². The van der Waals surface area contributed by atoms with Crippen molar-refractivity contribution in [3.8, 4) is 5.75 Å². The zero-order valence-corrected chi connectivity index (χ0v) is 12.9. The molecule has 0 aliphatic carbocycles. The maximum atomic E-state index is 6.19. The molecule has 0 radical (unpaired) electrons. The summed E-state index contributed by atoms with van der Waals surface area (Å²) in [6, 6.07) is 7.99. The van der Waals surface area contributed by atoms with E-state index in [0.29, 0.717) is 5.96 Å². The highest BCUT2D eigenvalue weighted by molar-refractivity contribution is 5.98. The second-order valence-electron chi connectivity index (χ2n) is 6.47. The molecular formula is C16H23N3O2. The Labute approximate surface area is 125 Å². The lowest BCUT2D eigenvalue weighted by Crippen LogP contribution is -2.58. The van der Waals surface area contributed by atoms with Crippen LogP contribution < -0.4 is 15.4 Å². The van der Waals surface area contributed by atoms with E-state index < -0.39 is 0 Å². The van der Waals surface area contributed by atoms with Crippen LogP contribution in [-0.4, -0.2) is 37.4 Å². The van der Waals surface area contributed by atoms with Gasteiger partial charge in [0.05, 0.1) is 24.8 Å². The van der Waals surface area contributed by atoms with Crippen LogP contribution in [0, 0.1) is 0 Å². The summed E-state index contributed by atoms with van der Waals surface area (Å²) in [4.78, 5) is 6.68. The molecule has 2 aliphatic heterocycles. The molecule has 3 rings (SSSR count). The van der Waals surface area contributed by atoms with Gasteiger partial charge < -0.3 is 20.1 Å². The van der Waals surface area contributed by atoms with Crippen molar-refractivity contribution in [2.45, 2.75) is 37.8 Å². The van der Waals surface area contributed by atoms with E-state index in [1.165, 1.54) is 0 Å². The minimum absolute atomic E-state index is 0.0851. The van der Waals surface area contributed by atoms with Gasteiger partial charge in [0, 0.05) is 24.8 Å². The summed E-state index contributed by atoms with van der Waals surface area (Å²) in [6.07, 6.45) is 1.83. The van der Waals surface area contributed by atoms with Crippen LogP contribution in [0.2, 0.25) is 0 Å². The molecule has 0 saturated carbocycles. The SMILES string of the molecule is COc1cccc(N2C(N)=NCC23CCOC(C)(C)C3)c1. The van der Waals surface area contributed by atoms with Crippen LogP contribution in [0.25, 0.3) is 0 Å². The highest BCUT2D eigenvalue weighted by Gasteiger charge is 2.49. The Balaban J connectivity index is 1.99. The molecule has 1 fully saturated rings. The van der Waals surface area contributed by atoms with E-state index in [1.54, 1.807) is 7.11 Å². The monoisotopic (exact) mass is 289 g/mol. The molecule has 0 bridgehead atoms. The number of nitrogens with zero attached hydrogens (tertiary/aromatic N) is 2. The third kappa shape index (κ3) is 2.46. The number of ether oxygens (including phenoxy) is 2. The molecule has 5 heteroatoms. The van der Waals surface area contributed by atoms with Gasteiger partial charge in [-0.1, -0.05) is 6.07 Å². The van der Waals surface area contributed by atoms with Crippen LogP contribution in [0.15, 0.2) is 29.3 Å². The highest BCUT2D eigenvalue weighted by atomic mass is 16.5. The third-order valence-electron chi connectivity index (χ3n) is 4.37. The predicted octanol–water partition coefficient (Wildman–Crippen LogP) is 2.16. The quantitative estimate of drug-likeness (QED) is 0.906. The number of guanidine groups is 1. The van der Waals surface area contributed by atoms with Gasteiger partial charge in [0.25, 0.3) is 0 Å². The van der Waals surface area contributed by atoms with Gasteiger partial charge in [-0.3, -0.25) is 4.99 Å². The standard InChI is InChI=1S/C16H23N3O2/c1-15(2)10-16(7-8-21-15)11-18-14(17)19(16)12-5-4-6-13(9-12)20-3/h4-6,9H,7-8,10-11H2,1-3H3,(H2,17,18). The summed E-state index contributed by atoms with van der Waals surface area (Å²) < 4.78 is 11.2. The Morgan fingerprint density at radius 2 is 2.19 bits per heavy atom. The molecule has 1 unspecified atom stereocenters. The molecule has 1 saturated heterocycles. The first-order valence-electron chi connectivity index (χ1n) is 7.34. The van der Waals surface area contributed by atoms with E-state index >= 15 is 0 Å². The Kier molecular flexibility index (Phi) is 3.32. The molecule has 114 valence electrons. The minimum Gasteiger partial charge on any atom is -0.497 e. The van der Waals surface area contributed by atoms with Crippen LogP contribution >= 0.6 is 0 Å². The number of anilines is 1. The van der Waals surface area contributed by atoms with Crippen LogP contribution in [0.4, 0.5) is 5.69 Å². The minimum atomic E-state index is -0.157. The Bertz CT molecular complexity index is 570. The molecule has 5 nitrogen and oxygen atoms in total. The Morgan fingerprint density at radius 1 is 1.38 bits per heavy atom. The Hall–Kier alpha value is -1.75. The normalized spacial score (nSPS) is 27.8. The lowest BCUT2D eigenvalue weighted by Gasteiger charge is -2.47. The molecular weight excluding hydrogens is 266 g/mol. The summed E-state index contributed by atoms with van der Waals surface area (Å²) in [5.41, 5.74) is 6.98. The summed E-state index contributed by atoms with van der Waals surface area (Å²) in [6.45, 7) is 5.72. The molecule has 0 amide bonds. The molecule has 0 aromatic heterocycles. The highest BCUT2D eigenvalue weighted by Crippen LogP contribution is 2.42. The molecule has 2 aliphatic rings. The van der Waals surface area contributed by atoms with Crippen LogP contribution in [0.1, 0.15) is 26.7 Å². The summed E-state index contributed by atoms with van der Waals surface area (Å²) >= 11 is 0. The van der Waals surface area contributed by atoms with Gasteiger partial charge in [0.1, 0.15) is 5.75 Å². The zero-order chi connectivity index (χ0) is 15.1. The van der Waals surface area contributed by atoms with E-state index in [2.05, 4.69) is 29.8 Å². The largest absolute Gasteiger partial charge is 0.497 e. The average molecular weight is 289 g/mol. The van der Waals surface area contributed by atoms with Gasteiger partial charge in [0.15, 0.2) is 5.96 Å². The van der Waals surface area contributed by atoms with Crippen molar-refractivity contribution in [2.24, 2.45) is 10.7 Å². The molecule has 1 aromatic carbocycles. The van der Waals surface area contributed by atoms with Crippen molar-refractivity contribution in [1.29, 1.82) is 0 Å². The molecule has 1 spiro atoms. The van der Waals surface area contributed by atoms with E-state index in [-0.39, 0.29) is 11.1 Å². The molecule has 2 heterocycles. The van der Waals surface area contributed by atoms with Gasteiger partial charge in [-0.2, -0.15) is 0 Å². The second kappa shape index (κ2) is 4.91. The third-order valence-corrected chi connectivity index (χ3v) is 4.37. The predicted molar refractivity (Wildman–Crippen MR) is 84.0 cm³/mol. The first-order valence-corrected chi connectivity index (χ1v) is 7.34. The van der Waals surface area contributed by atoms with Gasteiger partial charge >= 0.3 is 0 Å². The van der Waals surface area contributed by atoms with Crippen molar-refractivity contribution in [2.75, 3.05) is 25.2 Å². The first kappa shape index (κ1) is 14.2. The lowest BCUT2D eigenvalue weighted by molar-refractivity contribution is -0.0757. The van der Waals surface area contributed by atoms with Gasteiger partial charge in [-0.05, 0) is 32.4 Å². The number of hydrogen-bond acceptors (Lipinski definition) is 5. The number of methoxy groups -OCH3 is 1. The van der Waals surface area contributed by atoms with Crippen LogP contribution in [0.3, 0.4) is 0 Å². The number of nitrogens with two attached hydrogens (primary N) is 1. The summed E-state index contributed by atoms with van der Waals surface area (Å²) in [7, 11) is 1.67. The average Bonchev–Trinajstić information content (AvgIpc) is 2.74. The van der Waals surface area contributed by atoms with E-state index in [4.69, 9.17) is 15.2 Å². The van der Waals surface area contributed by atoms with Gasteiger partial charge in [0.2, 0.25) is 0 Å². The lowest BCUT2D eigenvalue weighted by atomic mass is 9.80. The topological polar surface area (TPSA) is 60.1 Å². The summed E-state index contributed by atoms with van der Waals surface area (Å²) in [5, 5.41) is 0. The van der Waals surface area contributed by atoms with Crippen molar-refractivity contribution >= 4 is 11.6 Å². The van der Waals surface area contributed by atoms with Crippen molar-refractivity contribution in [1.82, 2.24) is 0 Å². The van der Waals surface area contributed by atoms with Crippen molar-refractivity contribution in [3.63, 3.8) is 0 Å². The number of aliphatic imine (C=N–C) groups is 1.